The standard InChI is InChI=1S/C22H21FN2/c23-12-4-1-5-14-25-21-10-3-2-7-18(21)15-22(25)19-9-6-8-17-11-13-24-16-20(17)19/h2-3,6-11,13,15-16H,1,4-5,12,14H2. The van der Waals surface area contributed by atoms with Gasteiger partial charge in [0.1, 0.15) is 0 Å². The molecular weight excluding hydrogens is 311 g/mol. The molecule has 4 aromatic rings. The van der Waals surface area contributed by atoms with Crippen LogP contribution in [0.2, 0.25) is 0 Å². The van der Waals surface area contributed by atoms with Crippen LogP contribution in [-0.4, -0.2) is 16.2 Å². The van der Waals surface area contributed by atoms with Gasteiger partial charge >= 0.3 is 0 Å². The molecule has 2 nitrogen and oxygen atoms in total. The third-order valence-electron chi connectivity index (χ3n) is 4.79. The molecule has 0 unspecified atom stereocenters. The van der Waals surface area contributed by atoms with Crippen molar-refractivity contribution in [3.8, 4) is 11.3 Å². The van der Waals surface area contributed by atoms with Gasteiger partial charge in [-0.1, -0.05) is 36.4 Å². The van der Waals surface area contributed by atoms with Gasteiger partial charge in [0.25, 0.3) is 0 Å². The molecule has 0 aliphatic rings. The van der Waals surface area contributed by atoms with Gasteiger partial charge in [-0.3, -0.25) is 9.37 Å². The summed E-state index contributed by atoms with van der Waals surface area (Å²) in [4.78, 5) is 4.32. The number of nitrogens with zero attached hydrogens (tertiary/aromatic N) is 2. The molecule has 25 heavy (non-hydrogen) atoms. The maximum Gasteiger partial charge on any atom is 0.0894 e. The van der Waals surface area contributed by atoms with E-state index in [-0.39, 0.29) is 6.67 Å². The number of para-hydroxylation sites is 1. The molecule has 0 radical (unpaired) electrons. The zero-order chi connectivity index (χ0) is 17.1. The number of hydrogen-bond acceptors (Lipinski definition) is 1. The van der Waals surface area contributed by atoms with Gasteiger partial charge in [-0.05, 0) is 42.8 Å². The van der Waals surface area contributed by atoms with E-state index < -0.39 is 0 Å². The van der Waals surface area contributed by atoms with Gasteiger partial charge in [0.2, 0.25) is 0 Å². The summed E-state index contributed by atoms with van der Waals surface area (Å²) in [6, 6.07) is 19.2. The van der Waals surface area contributed by atoms with Crippen LogP contribution in [0, 0.1) is 0 Å². The quantitative estimate of drug-likeness (QED) is 0.396. The minimum Gasteiger partial charge on any atom is -0.340 e. The molecule has 0 bridgehead atoms. The van der Waals surface area contributed by atoms with Crippen molar-refractivity contribution < 1.29 is 4.39 Å². The molecule has 0 aliphatic heterocycles. The fourth-order valence-electron chi connectivity index (χ4n) is 3.55. The third kappa shape index (κ3) is 3.02. The van der Waals surface area contributed by atoms with Crippen molar-refractivity contribution in [1.29, 1.82) is 0 Å². The lowest BCUT2D eigenvalue weighted by Gasteiger charge is -2.12. The van der Waals surface area contributed by atoms with E-state index in [2.05, 4.69) is 58.1 Å². The highest BCUT2D eigenvalue weighted by Gasteiger charge is 2.12. The average Bonchev–Trinajstić information content (AvgIpc) is 3.03. The third-order valence-corrected chi connectivity index (χ3v) is 4.79. The summed E-state index contributed by atoms with van der Waals surface area (Å²) < 4.78 is 14.8. The number of hydrogen-bond donors (Lipinski definition) is 0. The number of benzene rings is 2. The highest BCUT2D eigenvalue weighted by Crippen LogP contribution is 2.33. The molecule has 0 fully saturated rings. The van der Waals surface area contributed by atoms with E-state index in [1.807, 2.05) is 18.5 Å². The molecule has 0 saturated heterocycles. The Morgan fingerprint density at radius 3 is 2.68 bits per heavy atom. The largest absolute Gasteiger partial charge is 0.340 e. The van der Waals surface area contributed by atoms with Crippen molar-refractivity contribution in [3.05, 3.63) is 67.0 Å². The number of aromatic nitrogens is 2. The van der Waals surface area contributed by atoms with Gasteiger partial charge in [-0.2, -0.15) is 0 Å². The fraction of sp³-hybridized carbons (Fsp3) is 0.227. The average molecular weight is 332 g/mol. The molecule has 0 N–H and O–H groups in total. The summed E-state index contributed by atoms with van der Waals surface area (Å²) in [5.41, 5.74) is 3.64. The van der Waals surface area contributed by atoms with Crippen LogP contribution in [0.4, 0.5) is 4.39 Å². The number of pyridine rings is 1. The Balaban J connectivity index is 1.85. The van der Waals surface area contributed by atoms with Crippen molar-refractivity contribution in [2.75, 3.05) is 6.67 Å². The molecule has 2 aromatic carbocycles. The zero-order valence-electron chi connectivity index (χ0n) is 14.2. The zero-order valence-corrected chi connectivity index (χ0v) is 14.2. The lowest BCUT2D eigenvalue weighted by molar-refractivity contribution is 0.449. The predicted octanol–water partition coefficient (Wildman–Crippen LogP) is 6.00. The van der Waals surface area contributed by atoms with Crippen molar-refractivity contribution in [2.24, 2.45) is 0 Å². The molecule has 0 spiro atoms. The van der Waals surface area contributed by atoms with Crippen molar-refractivity contribution in [1.82, 2.24) is 9.55 Å². The second kappa shape index (κ2) is 7.06. The minimum absolute atomic E-state index is 0.228. The Hall–Kier alpha value is -2.68. The van der Waals surface area contributed by atoms with Crippen molar-refractivity contribution >= 4 is 21.7 Å². The fourth-order valence-corrected chi connectivity index (χ4v) is 3.55. The van der Waals surface area contributed by atoms with E-state index >= 15 is 0 Å². The van der Waals surface area contributed by atoms with E-state index in [1.54, 1.807) is 0 Å². The smallest absolute Gasteiger partial charge is 0.0894 e. The van der Waals surface area contributed by atoms with E-state index in [1.165, 1.54) is 27.5 Å². The SMILES string of the molecule is FCCCCCn1c(-c2cccc3ccncc23)cc2ccccc21. The highest BCUT2D eigenvalue weighted by molar-refractivity contribution is 5.98. The summed E-state index contributed by atoms with van der Waals surface area (Å²) >= 11 is 0. The van der Waals surface area contributed by atoms with Gasteiger partial charge < -0.3 is 4.57 Å². The van der Waals surface area contributed by atoms with Crippen LogP contribution in [0.1, 0.15) is 19.3 Å². The van der Waals surface area contributed by atoms with Gasteiger partial charge in [-0.15, -0.1) is 0 Å². The first-order valence-electron chi connectivity index (χ1n) is 8.86. The number of alkyl halides is 1. The first-order chi connectivity index (χ1) is 12.4. The molecule has 0 aliphatic carbocycles. The first kappa shape index (κ1) is 15.8. The second-order valence-electron chi connectivity index (χ2n) is 6.39. The Kier molecular flexibility index (Phi) is 4.47. The molecule has 4 rings (SSSR count). The van der Waals surface area contributed by atoms with Crippen LogP contribution in [0.5, 0.6) is 0 Å². The topological polar surface area (TPSA) is 17.8 Å². The molecule has 126 valence electrons. The predicted molar refractivity (Wildman–Crippen MR) is 103 cm³/mol. The van der Waals surface area contributed by atoms with Gasteiger partial charge in [-0.25, -0.2) is 0 Å². The number of halogens is 1. The second-order valence-corrected chi connectivity index (χ2v) is 6.39. The number of aryl methyl sites for hydroxylation is 1. The van der Waals surface area contributed by atoms with E-state index in [4.69, 9.17) is 0 Å². The summed E-state index contributed by atoms with van der Waals surface area (Å²) in [6.45, 7) is 0.674. The molecule has 0 saturated carbocycles. The van der Waals surface area contributed by atoms with Crippen LogP contribution in [-0.2, 0) is 6.54 Å². The van der Waals surface area contributed by atoms with Crippen LogP contribution in [0.15, 0.2) is 67.0 Å². The summed E-state index contributed by atoms with van der Waals surface area (Å²) in [6.07, 6.45) is 6.32. The van der Waals surface area contributed by atoms with Crippen LogP contribution in [0.25, 0.3) is 32.9 Å². The van der Waals surface area contributed by atoms with Crippen LogP contribution < -0.4 is 0 Å². The summed E-state index contributed by atoms with van der Waals surface area (Å²) in [5.74, 6) is 0. The maximum absolute atomic E-state index is 12.4. The van der Waals surface area contributed by atoms with Gasteiger partial charge in [0.15, 0.2) is 0 Å². The van der Waals surface area contributed by atoms with E-state index in [0.717, 1.165) is 24.8 Å². The van der Waals surface area contributed by atoms with Crippen molar-refractivity contribution in [2.45, 2.75) is 25.8 Å². The van der Waals surface area contributed by atoms with Crippen LogP contribution >= 0.6 is 0 Å². The number of fused-ring (bicyclic) bond motifs is 2. The molecule has 2 aromatic heterocycles. The lowest BCUT2D eigenvalue weighted by Crippen LogP contribution is -2.01. The highest BCUT2D eigenvalue weighted by atomic mass is 19.1. The Morgan fingerprint density at radius 1 is 0.880 bits per heavy atom. The minimum atomic E-state index is -0.228. The normalized spacial score (nSPS) is 11.4. The Morgan fingerprint density at radius 2 is 1.76 bits per heavy atom. The monoisotopic (exact) mass is 332 g/mol. The molecule has 0 atom stereocenters. The summed E-state index contributed by atoms with van der Waals surface area (Å²) in [7, 11) is 0. The maximum atomic E-state index is 12.4. The molecule has 3 heteroatoms. The molecule has 2 heterocycles. The molecule has 0 amide bonds. The van der Waals surface area contributed by atoms with Crippen molar-refractivity contribution in [3.63, 3.8) is 0 Å². The number of unbranched alkanes of at least 4 members (excludes halogenated alkanes) is 2. The van der Waals surface area contributed by atoms with Crippen LogP contribution in [0.3, 0.4) is 0 Å². The molecular formula is C22H21FN2. The van der Waals surface area contributed by atoms with Gasteiger partial charge in [0.05, 0.1) is 6.67 Å². The Labute approximate surface area is 146 Å². The van der Waals surface area contributed by atoms with E-state index in [9.17, 15) is 4.39 Å². The Bertz CT molecular complexity index is 998. The van der Waals surface area contributed by atoms with E-state index in [0.29, 0.717) is 6.42 Å². The first-order valence-corrected chi connectivity index (χ1v) is 8.86. The summed E-state index contributed by atoms with van der Waals surface area (Å²) in [5, 5.41) is 3.60. The van der Waals surface area contributed by atoms with Gasteiger partial charge in [0, 0.05) is 46.5 Å². The number of rotatable bonds is 6. The lowest BCUT2D eigenvalue weighted by atomic mass is 10.0.